The first-order valence-electron chi connectivity index (χ1n) is 8.73. The minimum atomic E-state index is -4.22. The maximum atomic E-state index is 11.4. The largest absolute Gasteiger partial charge is 0.491 e. The van der Waals surface area contributed by atoms with Crippen molar-refractivity contribution in [3.63, 3.8) is 0 Å². The zero-order valence-electron chi connectivity index (χ0n) is 15.6. The maximum absolute atomic E-state index is 11.4. The monoisotopic (exact) mass is 392 g/mol. The van der Waals surface area contributed by atoms with E-state index in [0.29, 0.717) is 25.4 Å². The van der Waals surface area contributed by atoms with Gasteiger partial charge in [-0.15, -0.1) is 0 Å². The van der Waals surface area contributed by atoms with Gasteiger partial charge in [0.05, 0.1) is 11.5 Å². The third kappa shape index (κ3) is 5.29. The summed E-state index contributed by atoms with van der Waals surface area (Å²) in [5.41, 5.74) is 2.76. The van der Waals surface area contributed by atoms with Crippen LogP contribution in [0.25, 0.3) is 0 Å². The molecule has 7 heteroatoms. The van der Waals surface area contributed by atoms with E-state index in [9.17, 15) is 13.0 Å². The van der Waals surface area contributed by atoms with E-state index in [2.05, 4.69) is 0 Å². The normalized spacial score (nSPS) is 19.2. The lowest BCUT2D eigenvalue weighted by molar-refractivity contribution is -0.141. The standard InChI is InChI=1S/C20H24O6S/c1-14-7-8-19(27(21,22)23)11-16(14)9-15-5-4-6-17(10-15)24-12-18-13-25-20(2,3)26-18/h4-8,10-11,18H,9,12-13H2,1-3H3,(H,21,22,23). The minimum Gasteiger partial charge on any atom is -0.491 e. The Labute approximate surface area is 159 Å². The summed E-state index contributed by atoms with van der Waals surface area (Å²) in [7, 11) is -4.22. The Hall–Kier alpha value is -1.93. The highest BCUT2D eigenvalue weighted by atomic mass is 32.2. The molecule has 1 saturated heterocycles. The fourth-order valence-corrected chi connectivity index (χ4v) is 3.53. The van der Waals surface area contributed by atoms with Gasteiger partial charge >= 0.3 is 0 Å². The fraction of sp³-hybridized carbons (Fsp3) is 0.400. The highest BCUT2D eigenvalue weighted by molar-refractivity contribution is 7.85. The van der Waals surface area contributed by atoms with Gasteiger partial charge in [0.15, 0.2) is 5.79 Å². The molecule has 0 spiro atoms. The molecule has 0 amide bonds. The second kappa shape index (κ2) is 7.59. The Balaban J connectivity index is 1.69. The number of hydrogen-bond donors (Lipinski definition) is 1. The molecule has 146 valence electrons. The number of benzene rings is 2. The van der Waals surface area contributed by atoms with Crippen LogP contribution >= 0.6 is 0 Å². The number of hydrogen-bond acceptors (Lipinski definition) is 5. The molecule has 6 nitrogen and oxygen atoms in total. The molecule has 1 unspecified atom stereocenters. The van der Waals surface area contributed by atoms with Gasteiger partial charge < -0.3 is 14.2 Å². The van der Waals surface area contributed by atoms with E-state index in [-0.39, 0.29) is 11.0 Å². The summed E-state index contributed by atoms with van der Waals surface area (Å²) in [6, 6.07) is 12.2. The van der Waals surface area contributed by atoms with Crippen LogP contribution in [0.3, 0.4) is 0 Å². The van der Waals surface area contributed by atoms with E-state index in [0.717, 1.165) is 16.7 Å². The molecule has 0 radical (unpaired) electrons. The lowest BCUT2D eigenvalue weighted by Crippen LogP contribution is -2.25. The van der Waals surface area contributed by atoms with Crippen LogP contribution in [0.1, 0.15) is 30.5 Å². The van der Waals surface area contributed by atoms with Crippen molar-refractivity contribution in [2.75, 3.05) is 13.2 Å². The molecular formula is C20H24O6S. The average molecular weight is 392 g/mol. The lowest BCUT2D eigenvalue weighted by Gasteiger charge is -2.17. The van der Waals surface area contributed by atoms with Crippen LogP contribution in [-0.2, 0) is 26.0 Å². The molecule has 1 heterocycles. The highest BCUT2D eigenvalue weighted by Gasteiger charge is 2.32. The molecule has 27 heavy (non-hydrogen) atoms. The van der Waals surface area contributed by atoms with Gasteiger partial charge in [0, 0.05) is 0 Å². The van der Waals surface area contributed by atoms with Crippen molar-refractivity contribution in [3.8, 4) is 5.75 Å². The van der Waals surface area contributed by atoms with Crippen LogP contribution in [0, 0.1) is 6.92 Å². The molecule has 1 atom stereocenters. The summed E-state index contributed by atoms with van der Waals surface area (Å²) in [4.78, 5) is -0.100. The molecule has 1 aliphatic rings. The molecule has 2 aromatic carbocycles. The van der Waals surface area contributed by atoms with Gasteiger partial charge in [0.25, 0.3) is 10.1 Å². The summed E-state index contributed by atoms with van der Waals surface area (Å²) in [5, 5.41) is 0. The summed E-state index contributed by atoms with van der Waals surface area (Å²) in [6.07, 6.45) is 0.417. The van der Waals surface area contributed by atoms with E-state index < -0.39 is 15.9 Å². The van der Waals surface area contributed by atoms with Crippen molar-refractivity contribution >= 4 is 10.1 Å². The van der Waals surface area contributed by atoms with E-state index in [4.69, 9.17) is 14.2 Å². The average Bonchev–Trinajstić information content (AvgIpc) is 2.93. The Morgan fingerprint density at radius 2 is 2.00 bits per heavy atom. The van der Waals surface area contributed by atoms with Gasteiger partial charge in [0.2, 0.25) is 0 Å². The molecule has 0 saturated carbocycles. The van der Waals surface area contributed by atoms with Crippen LogP contribution in [0.4, 0.5) is 0 Å². The molecule has 3 rings (SSSR count). The van der Waals surface area contributed by atoms with E-state index in [1.165, 1.54) is 12.1 Å². The predicted molar refractivity (Wildman–Crippen MR) is 101 cm³/mol. The van der Waals surface area contributed by atoms with Crippen molar-refractivity contribution in [2.24, 2.45) is 0 Å². The Kier molecular flexibility index (Phi) is 5.58. The summed E-state index contributed by atoms with van der Waals surface area (Å²) < 4.78 is 49.1. The predicted octanol–water partition coefficient (Wildman–Crippen LogP) is 3.36. The minimum absolute atomic E-state index is 0.100. The molecule has 2 aromatic rings. The van der Waals surface area contributed by atoms with Gasteiger partial charge in [-0.1, -0.05) is 18.2 Å². The number of rotatable bonds is 6. The molecule has 1 aliphatic heterocycles. The SMILES string of the molecule is Cc1ccc(S(=O)(=O)O)cc1Cc1cccc(OCC2COC(C)(C)O2)c1. The molecule has 0 aromatic heterocycles. The molecule has 0 aliphatic carbocycles. The van der Waals surface area contributed by atoms with Crippen LogP contribution in [0.15, 0.2) is 47.4 Å². The van der Waals surface area contributed by atoms with Crippen LogP contribution < -0.4 is 4.74 Å². The van der Waals surface area contributed by atoms with Crippen molar-refractivity contribution < 1.29 is 27.2 Å². The van der Waals surface area contributed by atoms with Crippen LogP contribution in [0.2, 0.25) is 0 Å². The van der Waals surface area contributed by atoms with Gasteiger partial charge in [-0.3, -0.25) is 4.55 Å². The summed E-state index contributed by atoms with van der Waals surface area (Å²) >= 11 is 0. The maximum Gasteiger partial charge on any atom is 0.294 e. The first kappa shape index (κ1) is 19.8. The van der Waals surface area contributed by atoms with Gasteiger partial charge in [-0.25, -0.2) is 0 Å². The third-order valence-electron chi connectivity index (χ3n) is 4.41. The molecule has 1 fully saturated rings. The molecular weight excluding hydrogens is 368 g/mol. The Morgan fingerprint density at radius 1 is 1.22 bits per heavy atom. The molecule has 1 N–H and O–H groups in total. The van der Waals surface area contributed by atoms with Crippen molar-refractivity contribution in [2.45, 2.75) is 44.0 Å². The summed E-state index contributed by atoms with van der Waals surface area (Å²) in [6.45, 7) is 6.54. The van der Waals surface area contributed by atoms with Crippen molar-refractivity contribution in [1.82, 2.24) is 0 Å². The highest BCUT2D eigenvalue weighted by Crippen LogP contribution is 2.24. The van der Waals surface area contributed by atoms with Gasteiger partial charge in [-0.2, -0.15) is 8.42 Å². The topological polar surface area (TPSA) is 82.1 Å². The Morgan fingerprint density at radius 3 is 2.67 bits per heavy atom. The number of ether oxygens (including phenoxy) is 3. The number of aryl methyl sites for hydroxylation is 1. The van der Waals surface area contributed by atoms with E-state index in [1.807, 2.05) is 45.0 Å². The summed E-state index contributed by atoms with van der Waals surface area (Å²) in [5.74, 6) is 0.134. The zero-order valence-corrected chi connectivity index (χ0v) is 16.5. The quantitative estimate of drug-likeness (QED) is 0.759. The second-order valence-electron chi connectivity index (χ2n) is 7.15. The Bertz CT molecular complexity index is 920. The van der Waals surface area contributed by atoms with Gasteiger partial charge in [-0.05, 0) is 68.1 Å². The smallest absolute Gasteiger partial charge is 0.294 e. The van der Waals surface area contributed by atoms with Crippen molar-refractivity contribution in [1.29, 1.82) is 0 Å². The van der Waals surface area contributed by atoms with Crippen molar-refractivity contribution in [3.05, 3.63) is 59.2 Å². The lowest BCUT2D eigenvalue weighted by atomic mass is 10.0. The zero-order chi connectivity index (χ0) is 19.7. The second-order valence-corrected chi connectivity index (χ2v) is 8.57. The van der Waals surface area contributed by atoms with E-state index >= 15 is 0 Å². The fourth-order valence-electron chi connectivity index (χ4n) is 3.00. The van der Waals surface area contributed by atoms with Crippen LogP contribution in [0.5, 0.6) is 5.75 Å². The third-order valence-corrected chi connectivity index (χ3v) is 5.26. The first-order valence-corrected chi connectivity index (χ1v) is 10.2. The van der Waals surface area contributed by atoms with E-state index in [1.54, 1.807) is 6.07 Å². The van der Waals surface area contributed by atoms with Crippen LogP contribution in [-0.4, -0.2) is 38.1 Å². The van der Waals surface area contributed by atoms with Gasteiger partial charge in [0.1, 0.15) is 18.5 Å². The first-order chi connectivity index (χ1) is 12.6. The molecule has 0 bridgehead atoms.